The van der Waals surface area contributed by atoms with Crippen molar-refractivity contribution in [2.45, 2.75) is 42.7 Å². The van der Waals surface area contributed by atoms with E-state index in [0.717, 1.165) is 17.9 Å². The number of hydrogen-bond acceptors (Lipinski definition) is 4. The van der Waals surface area contributed by atoms with Gasteiger partial charge in [-0.15, -0.1) is 0 Å². The summed E-state index contributed by atoms with van der Waals surface area (Å²) in [7, 11) is 0. The van der Waals surface area contributed by atoms with Crippen molar-refractivity contribution in [1.29, 1.82) is 0 Å². The number of nitrogens with zero attached hydrogens (tertiary/aromatic N) is 2. The third-order valence-electron chi connectivity index (χ3n) is 3.02. The molecule has 1 heterocycles. The molecule has 19 heavy (non-hydrogen) atoms. The smallest absolute Gasteiger partial charge is 0.119 e. The molecule has 2 aromatic rings. The summed E-state index contributed by atoms with van der Waals surface area (Å²) >= 11 is 1.64. The largest absolute Gasteiger partial charge is 0.327 e. The maximum Gasteiger partial charge on any atom is 0.119 e. The molecule has 0 fully saturated rings. The Morgan fingerprint density at radius 3 is 2.79 bits per heavy atom. The predicted molar refractivity (Wildman–Crippen MR) is 79.3 cm³/mol. The van der Waals surface area contributed by atoms with Crippen molar-refractivity contribution in [2.24, 2.45) is 5.73 Å². The number of benzene rings is 1. The van der Waals surface area contributed by atoms with E-state index in [-0.39, 0.29) is 6.04 Å². The molecule has 0 aliphatic heterocycles. The third kappa shape index (κ3) is 4.04. The lowest BCUT2D eigenvalue weighted by atomic mass is 10.0. The lowest BCUT2D eigenvalue weighted by Crippen LogP contribution is -2.21. The van der Waals surface area contributed by atoms with Crippen LogP contribution in [0.25, 0.3) is 0 Å². The molecule has 0 bridgehead atoms. The molecule has 0 spiro atoms. The van der Waals surface area contributed by atoms with E-state index in [4.69, 9.17) is 5.73 Å². The first-order valence-corrected chi connectivity index (χ1v) is 7.29. The molecule has 100 valence electrons. The van der Waals surface area contributed by atoms with Gasteiger partial charge in [-0.05, 0) is 37.0 Å². The Balaban J connectivity index is 2.11. The summed E-state index contributed by atoms with van der Waals surface area (Å²) in [4.78, 5) is 9.58. The van der Waals surface area contributed by atoms with E-state index in [9.17, 15) is 0 Å². The molecular formula is C15H19N3S. The molecule has 0 aliphatic rings. The minimum Gasteiger partial charge on any atom is -0.327 e. The lowest BCUT2D eigenvalue weighted by molar-refractivity contribution is 0.646. The van der Waals surface area contributed by atoms with Crippen molar-refractivity contribution in [3.63, 3.8) is 0 Å². The van der Waals surface area contributed by atoms with Crippen molar-refractivity contribution in [2.75, 3.05) is 0 Å². The van der Waals surface area contributed by atoms with E-state index in [0.29, 0.717) is 0 Å². The fourth-order valence-corrected chi connectivity index (χ4v) is 2.66. The Labute approximate surface area is 118 Å². The highest BCUT2D eigenvalue weighted by molar-refractivity contribution is 7.99. The van der Waals surface area contributed by atoms with Gasteiger partial charge in [0.2, 0.25) is 0 Å². The Morgan fingerprint density at radius 2 is 2.16 bits per heavy atom. The first-order valence-electron chi connectivity index (χ1n) is 6.48. The number of rotatable bonds is 5. The molecule has 1 atom stereocenters. The van der Waals surface area contributed by atoms with Crippen LogP contribution in [0.2, 0.25) is 0 Å². The van der Waals surface area contributed by atoms with E-state index in [2.05, 4.69) is 42.0 Å². The Hall–Kier alpha value is -1.39. The van der Waals surface area contributed by atoms with Crippen molar-refractivity contribution >= 4 is 11.8 Å². The van der Waals surface area contributed by atoms with Crippen LogP contribution >= 0.6 is 11.8 Å². The van der Waals surface area contributed by atoms with E-state index in [1.807, 2.05) is 0 Å². The monoisotopic (exact) mass is 273 g/mol. The van der Waals surface area contributed by atoms with Crippen LogP contribution in [0.5, 0.6) is 0 Å². The highest BCUT2D eigenvalue weighted by Gasteiger charge is 2.06. The standard InChI is InChI=1S/C15H19N3S/c1-3-13(16)9-12-4-5-14(11(2)8-12)19-15-10-17-6-7-18-15/h4-8,10,13H,3,9,16H2,1-2H3. The van der Waals surface area contributed by atoms with Gasteiger partial charge in [-0.3, -0.25) is 4.98 Å². The topological polar surface area (TPSA) is 51.8 Å². The van der Waals surface area contributed by atoms with Crippen LogP contribution in [-0.2, 0) is 6.42 Å². The maximum absolute atomic E-state index is 5.99. The summed E-state index contributed by atoms with van der Waals surface area (Å²) in [5, 5.41) is 0.920. The molecule has 0 saturated heterocycles. The van der Waals surface area contributed by atoms with Gasteiger partial charge < -0.3 is 5.73 Å². The Kier molecular flexibility index (Phi) is 4.93. The van der Waals surface area contributed by atoms with Crippen LogP contribution in [0.15, 0.2) is 46.7 Å². The molecule has 1 unspecified atom stereocenters. The van der Waals surface area contributed by atoms with E-state index >= 15 is 0 Å². The van der Waals surface area contributed by atoms with Gasteiger partial charge in [-0.2, -0.15) is 0 Å². The highest BCUT2D eigenvalue weighted by Crippen LogP contribution is 2.28. The summed E-state index contributed by atoms with van der Waals surface area (Å²) in [6, 6.07) is 6.76. The fraction of sp³-hybridized carbons (Fsp3) is 0.333. The Bertz CT molecular complexity index is 528. The number of aromatic nitrogens is 2. The van der Waals surface area contributed by atoms with Crippen LogP contribution in [0.1, 0.15) is 24.5 Å². The van der Waals surface area contributed by atoms with Crippen LogP contribution in [0.3, 0.4) is 0 Å². The zero-order chi connectivity index (χ0) is 13.7. The van der Waals surface area contributed by atoms with Crippen molar-refractivity contribution in [1.82, 2.24) is 9.97 Å². The second kappa shape index (κ2) is 6.68. The van der Waals surface area contributed by atoms with Crippen molar-refractivity contribution in [3.8, 4) is 0 Å². The van der Waals surface area contributed by atoms with E-state index in [1.165, 1.54) is 16.0 Å². The number of aryl methyl sites for hydroxylation is 1. The summed E-state index contributed by atoms with van der Waals surface area (Å²) in [6.07, 6.45) is 7.13. The van der Waals surface area contributed by atoms with Gasteiger partial charge in [0.1, 0.15) is 5.03 Å². The SMILES string of the molecule is CCC(N)Cc1ccc(Sc2cnccn2)c(C)c1. The van der Waals surface area contributed by atoms with Crippen LogP contribution in [-0.4, -0.2) is 16.0 Å². The fourth-order valence-electron chi connectivity index (χ4n) is 1.85. The van der Waals surface area contributed by atoms with Gasteiger partial charge in [0.25, 0.3) is 0 Å². The molecule has 2 rings (SSSR count). The quantitative estimate of drug-likeness (QED) is 0.908. The third-order valence-corrected chi connectivity index (χ3v) is 4.11. The molecule has 4 heteroatoms. The Morgan fingerprint density at radius 1 is 1.32 bits per heavy atom. The molecule has 0 aliphatic carbocycles. The molecule has 1 aromatic carbocycles. The normalized spacial score (nSPS) is 12.4. The van der Waals surface area contributed by atoms with Gasteiger partial charge in [-0.1, -0.05) is 30.8 Å². The van der Waals surface area contributed by atoms with E-state index in [1.54, 1.807) is 30.4 Å². The maximum atomic E-state index is 5.99. The zero-order valence-electron chi connectivity index (χ0n) is 11.3. The second-order valence-corrected chi connectivity index (χ2v) is 5.68. The highest BCUT2D eigenvalue weighted by atomic mass is 32.2. The zero-order valence-corrected chi connectivity index (χ0v) is 12.2. The summed E-state index contributed by atoms with van der Waals surface area (Å²) < 4.78 is 0. The number of nitrogens with two attached hydrogens (primary N) is 1. The molecule has 2 N–H and O–H groups in total. The van der Waals surface area contributed by atoms with Crippen LogP contribution in [0.4, 0.5) is 0 Å². The van der Waals surface area contributed by atoms with Gasteiger partial charge >= 0.3 is 0 Å². The van der Waals surface area contributed by atoms with Gasteiger partial charge in [-0.25, -0.2) is 4.98 Å². The predicted octanol–water partition coefficient (Wildman–Crippen LogP) is 3.22. The number of hydrogen-bond donors (Lipinski definition) is 1. The van der Waals surface area contributed by atoms with Gasteiger partial charge in [0.15, 0.2) is 0 Å². The molecular weight excluding hydrogens is 254 g/mol. The lowest BCUT2D eigenvalue weighted by Gasteiger charge is -2.11. The van der Waals surface area contributed by atoms with Crippen LogP contribution in [0, 0.1) is 6.92 Å². The first-order chi connectivity index (χ1) is 9.19. The van der Waals surface area contributed by atoms with Crippen molar-refractivity contribution < 1.29 is 0 Å². The average molecular weight is 273 g/mol. The molecule has 0 amide bonds. The van der Waals surface area contributed by atoms with Crippen LogP contribution < -0.4 is 5.73 Å². The molecule has 0 radical (unpaired) electrons. The summed E-state index contributed by atoms with van der Waals surface area (Å²) in [5.41, 5.74) is 8.56. The van der Waals surface area contributed by atoms with Gasteiger partial charge in [0, 0.05) is 23.3 Å². The minimum atomic E-state index is 0.248. The summed E-state index contributed by atoms with van der Waals surface area (Å²) in [6.45, 7) is 4.25. The van der Waals surface area contributed by atoms with E-state index < -0.39 is 0 Å². The molecule has 3 nitrogen and oxygen atoms in total. The second-order valence-electron chi connectivity index (χ2n) is 4.62. The van der Waals surface area contributed by atoms with Crippen molar-refractivity contribution in [3.05, 3.63) is 47.9 Å². The van der Waals surface area contributed by atoms with Gasteiger partial charge in [0.05, 0.1) is 6.20 Å². The summed E-state index contributed by atoms with van der Waals surface area (Å²) in [5.74, 6) is 0. The molecule has 1 aromatic heterocycles. The minimum absolute atomic E-state index is 0.248. The first kappa shape index (κ1) is 14.0. The average Bonchev–Trinajstić information content (AvgIpc) is 2.43. The molecule has 0 saturated carbocycles.